The summed E-state index contributed by atoms with van der Waals surface area (Å²) in [6.45, 7) is 2.63. The lowest BCUT2D eigenvalue weighted by Crippen LogP contribution is -1.84. The van der Waals surface area contributed by atoms with Crippen molar-refractivity contribution in [3.63, 3.8) is 0 Å². The second kappa shape index (κ2) is 1.48. The van der Waals surface area contributed by atoms with Gasteiger partial charge in [-0.2, -0.15) is 0 Å². The molecule has 0 saturated heterocycles. The van der Waals surface area contributed by atoms with Crippen molar-refractivity contribution < 1.29 is 0 Å². The van der Waals surface area contributed by atoms with Crippen LogP contribution in [-0.2, 0) is 0 Å². The minimum atomic E-state index is 1.48. The van der Waals surface area contributed by atoms with Crippen LogP contribution in [0.1, 0.15) is 0 Å². The molecule has 0 aliphatic carbocycles. The molecule has 0 unspecified atom stereocenters. The fraction of sp³-hybridized carbons (Fsp3) is 0. The van der Waals surface area contributed by atoms with Gasteiger partial charge in [0.05, 0.1) is 0 Å². The molecule has 0 bridgehead atoms. The van der Waals surface area contributed by atoms with Gasteiger partial charge >= 0.3 is 0 Å². The Kier molecular flexibility index (Phi) is 0.960. The van der Waals surface area contributed by atoms with Crippen LogP contribution in [0.15, 0.2) is 5.41 Å². The Bertz CT molecular complexity index is 44.9. The molecule has 0 saturated carbocycles. The van der Waals surface area contributed by atoms with Crippen LogP contribution < -0.4 is 4.72 Å². The number of nitrogens with one attached hydrogen (secondary N) is 1. The first-order valence-corrected chi connectivity index (χ1v) is 2.11. The molecule has 2 heteroatoms. The molecular weight excluding hydrogens is 82.1 g/mol. The summed E-state index contributed by atoms with van der Waals surface area (Å²) in [5.41, 5.74) is 0. The Morgan fingerprint density at radius 3 is 3.00 bits per heavy atom. The van der Waals surface area contributed by atoms with E-state index >= 15 is 0 Å². The van der Waals surface area contributed by atoms with Gasteiger partial charge in [-0.3, -0.25) is 0 Å². The predicted octanol–water partition coefficient (Wildman–Crippen LogP) is 0.593. The lowest BCUT2D eigenvalue weighted by molar-refractivity contribution is 1.31. The molecule has 0 fully saturated rings. The zero-order chi connectivity index (χ0) is 3.54. The second-order valence-electron chi connectivity index (χ2n) is 0.607. The molecule has 3 radical (unpaired) electrons. The topological polar surface area (TPSA) is 12.0 Å². The quantitative estimate of drug-likeness (QED) is 0.431. The van der Waals surface area contributed by atoms with Crippen molar-refractivity contribution in [3.05, 3.63) is 18.0 Å². The van der Waals surface area contributed by atoms with E-state index in [1.165, 1.54) is 11.9 Å². The highest BCUT2D eigenvalue weighted by Crippen LogP contribution is 2.01. The first-order valence-electron chi connectivity index (χ1n) is 1.23. The minimum absolute atomic E-state index is 1.48. The average Bonchev–Trinajstić information content (AvgIpc) is 1.76. The Labute approximate surface area is 35.6 Å². The Balaban J connectivity index is 2.32. The van der Waals surface area contributed by atoms with Crippen molar-refractivity contribution in [2.45, 2.75) is 0 Å². The van der Waals surface area contributed by atoms with E-state index in [1.807, 2.05) is 0 Å². The Hall–Kier alpha value is 0.0500. The van der Waals surface area contributed by atoms with E-state index in [4.69, 9.17) is 0 Å². The van der Waals surface area contributed by atoms with Crippen molar-refractivity contribution in [1.82, 2.24) is 4.72 Å². The normalized spacial score (nSPS) is 20.8. The van der Waals surface area contributed by atoms with Gasteiger partial charge in [0, 0.05) is 0 Å². The SMILES string of the molecule is [C]1[C]=CSN1. The van der Waals surface area contributed by atoms with Crippen LogP contribution in [0, 0.1) is 12.6 Å². The third-order valence-corrected chi connectivity index (χ3v) is 0.756. The lowest BCUT2D eigenvalue weighted by atomic mass is 10.7. The molecular formula is C3H2NS. The van der Waals surface area contributed by atoms with Crippen LogP contribution in [0.4, 0.5) is 0 Å². The largest absolute Gasteiger partial charge is 0.245 e. The molecule has 0 spiro atoms. The summed E-state index contributed by atoms with van der Waals surface area (Å²) in [7, 11) is 0. The molecule has 0 aromatic heterocycles. The van der Waals surface area contributed by atoms with E-state index in [9.17, 15) is 0 Å². The van der Waals surface area contributed by atoms with Gasteiger partial charge in [-0.25, -0.2) is 4.72 Å². The van der Waals surface area contributed by atoms with Gasteiger partial charge in [0.1, 0.15) is 6.54 Å². The van der Waals surface area contributed by atoms with Crippen LogP contribution in [0.5, 0.6) is 0 Å². The van der Waals surface area contributed by atoms with Gasteiger partial charge in [0.15, 0.2) is 0 Å². The van der Waals surface area contributed by atoms with E-state index in [-0.39, 0.29) is 0 Å². The molecule has 1 aliphatic heterocycles. The number of hydrogen-bond donors (Lipinski definition) is 1. The zero-order valence-electron chi connectivity index (χ0n) is 2.49. The molecule has 0 aromatic rings. The van der Waals surface area contributed by atoms with Crippen LogP contribution in [0.25, 0.3) is 0 Å². The molecule has 0 amide bonds. The summed E-state index contributed by atoms with van der Waals surface area (Å²) in [5.74, 6) is 0. The maximum atomic E-state index is 2.72. The van der Waals surface area contributed by atoms with Gasteiger partial charge in [-0.1, -0.05) is 11.9 Å². The second-order valence-corrected chi connectivity index (χ2v) is 1.28. The third kappa shape index (κ3) is 0.667. The summed E-state index contributed by atoms with van der Waals surface area (Å²) in [6.07, 6.45) is 2.70. The van der Waals surface area contributed by atoms with E-state index in [1.54, 1.807) is 5.41 Å². The molecule has 0 atom stereocenters. The predicted molar refractivity (Wildman–Crippen MR) is 21.8 cm³/mol. The van der Waals surface area contributed by atoms with E-state index in [2.05, 4.69) is 17.3 Å². The Morgan fingerprint density at radius 2 is 2.80 bits per heavy atom. The van der Waals surface area contributed by atoms with Crippen molar-refractivity contribution in [1.29, 1.82) is 0 Å². The summed E-state index contributed by atoms with van der Waals surface area (Å²) >= 11 is 1.48. The smallest absolute Gasteiger partial charge is 0.105 e. The van der Waals surface area contributed by atoms with Gasteiger partial charge in [-0.15, -0.1) is 0 Å². The highest BCUT2D eigenvalue weighted by Gasteiger charge is 1.85. The van der Waals surface area contributed by atoms with Crippen LogP contribution in [0.2, 0.25) is 0 Å². The van der Waals surface area contributed by atoms with Crippen LogP contribution >= 0.6 is 11.9 Å². The lowest BCUT2D eigenvalue weighted by Gasteiger charge is -1.73. The van der Waals surface area contributed by atoms with E-state index in [0.29, 0.717) is 0 Å². The molecule has 1 aliphatic rings. The summed E-state index contributed by atoms with van der Waals surface area (Å²) < 4.78 is 2.72. The standard InChI is InChI=1S/C3H2NS/c1-2-4-5-3-1/h3-4H. The zero-order valence-corrected chi connectivity index (χ0v) is 3.30. The molecule has 1 rings (SSSR count). The van der Waals surface area contributed by atoms with Gasteiger partial charge in [0.2, 0.25) is 0 Å². The van der Waals surface area contributed by atoms with Gasteiger partial charge < -0.3 is 0 Å². The van der Waals surface area contributed by atoms with Gasteiger partial charge in [0.25, 0.3) is 0 Å². The maximum Gasteiger partial charge on any atom is 0.105 e. The molecule has 1 heterocycles. The molecule has 1 N–H and O–H groups in total. The molecule has 25 valence electrons. The first-order chi connectivity index (χ1) is 2.50. The highest BCUT2D eigenvalue weighted by molar-refractivity contribution is 8.00. The molecule has 5 heavy (non-hydrogen) atoms. The van der Waals surface area contributed by atoms with Crippen LogP contribution in [-0.4, -0.2) is 0 Å². The monoisotopic (exact) mass is 84.0 g/mol. The first kappa shape index (κ1) is 3.25. The van der Waals surface area contributed by atoms with Gasteiger partial charge in [-0.05, 0) is 11.5 Å². The fourth-order valence-corrected chi connectivity index (χ4v) is 0.442. The van der Waals surface area contributed by atoms with Crippen molar-refractivity contribution in [2.24, 2.45) is 0 Å². The van der Waals surface area contributed by atoms with Crippen LogP contribution in [0.3, 0.4) is 0 Å². The Morgan fingerprint density at radius 1 is 1.80 bits per heavy atom. The average molecular weight is 84.1 g/mol. The molecule has 0 aromatic carbocycles. The van der Waals surface area contributed by atoms with Crippen molar-refractivity contribution in [3.8, 4) is 0 Å². The van der Waals surface area contributed by atoms with E-state index < -0.39 is 0 Å². The maximum absolute atomic E-state index is 2.72. The summed E-state index contributed by atoms with van der Waals surface area (Å²) in [5, 5.41) is 1.81. The van der Waals surface area contributed by atoms with Crippen molar-refractivity contribution >= 4 is 11.9 Å². The van der Waals surface area contributed by atoms with E-state index in [0.717, 1.165) is 0 Å². The minimum Gasteiger partial charge on any atom is -0.245 e. The summed E-state index contributed by atoms with van der Waals surface area (Å²) in [6, 6.07) is 0. The van der Waals surface area contributed by atoms with Crippen molar-refractivity contribution in [2.75, 3.05) is 0 Å². The third-order valence-electron chi connectivity index (χ3n) is 0.300. The number of hydrogen-bond acceptors (Lipinski definition) is 2. The summed E-state index contributed by atoms with van der Waals surface area (Å²) in [4.78, 5) is 0. The fourth-order valence-electron chi connectivity index (χ4n) is 0.147. The molecule has 1 nitrogen and oxygen atoms in total. The highest BCUT2D eigenvalue weighted by atomic mass is 32.2. The number of rotatable bonds is 0.